The van der Waals surface area contributed by atoms with E-state index in [-0.39, 0.29) is 12.6 Å². The molecule has 0 aromatic rings. The molecule has 64 valence electrons. The van der Waals surface area contributed by atoms with Gasteiger partial charge in [-0.15, -0.1) is 0 Å². The lowest BCUT2D eigenvalue weighted by atomic mass is 10.4. The Morgan fingerprint density at radius 3 is 2.64 bits per heavy atom. The van der Waals surface area contributed by atoms with E-state index in [9.17, 15) is 4.79 Å². The fourth-order valence-electron chi connectivity index (χ4n) is 1.19. The summed E-state index contributed by atoms with van der Waals surface area (Å²) in [6, 6.07) is -0.0449. The van der Waals surface area contributed by atoms with Crippen molar-refractivity contribution in [3.8, 4) is 0 Å². The van der Waals surface area contributed by atoms with E-state index in [0.29, 0.717) is 6.54 Å². The van der Waals surface area contributed by atoms with Gasteiger partial charge >= 0.3 is 6.03 Å². The SMILES string of the molecule is O=C(NCCO)N1CCCC1. The van der Waals surface area contributed by atoms with E-state index in [1.807, 2.05) is 0 Å². The van der Waals surface area contributed by atoms with Gasteiger partial charge in [-0.3, -0.25) is 0 Å². The minimum absolute atomic E-state index is 0.0135. The summed E-state index contributed by atoms with van der Waals surface area (Å²) < 4.78 is 0. The molecular weight excluding hydrogens is 144 g/mol. The normalized spacial score (nSPS) is 17.0. The van der Waals surface area contributed by atoms with E-state index in [1.165, 1.54) is 0 Å². The number of nitrogens with zero attached hydrogens (tertiary/aromatic N) is 1. The Kier molecular flexibility index (Phi) is 3.16. The Hall–Kier alpha value is -0.770. The maximum Gasteiger partial charge on any atom is 0.317 e. The first-order valence-electron chi connectivity index (χ1n) is 3.98. The molecule has 0 aromatic carbocycles. The molecule has 1 rings (SSSR count). The molecule has 0 atom stereocenters. The summed E-state index contributed by atoms with van der Waals surface area (Å²) >= 11 is 0. The fourth-order valence-corrected chi connectivity index (χ4v) is 1.19. The summed E-state index contributed by atoms with van der Waals surface area (Å²) in [7, 11) is 0. The second-order valence-electron chi connectivity index (χ2n) is 2.65. The van der Waals surface area contributed by atoms with Crippen LogP contribution in [0.3, 0.4) is 0 Å². The smallest absolute Gasteiger partial charge is 0.317 e. The Bertz CT molecular complexity index is 132. The van der Waals surface area contributed by atoms with Crippen LogP contribution in [0.2, 0.25) is 0 Å². The first-order chi connectivity index (χ1) is 5.34. The summed E-state index contributed by atoms with van der Waals surface area (Å²) in [5.74, 6) is 0. The van der Waals surface area contributed by atoms with Gasteiger partial charge in [-0.1, -0.05) is 0 Å². The Morgan fingerprint density at radius 1 is 1.45 bits per heavy atom. The standard InChI is InChI=1S/C7H14N2O2/c10-6-3-8-7(11)9-4-1-2-5-9/h10H,1-6H2,(H,8,11). The average molecular weight is 158 g/mol. The topological polar surface area (TPSA) is 52.6 Å². The number of amides is 2. The number of hydrogen-bond donors (Lipinski definition) is 2. The van der Waals surface area contributed by atoms with Crippen molar-refractivity contribution in [2.24, 2.45) is 0 Å². The van der Waals surface area contributed by atoms with Gasteiger partial charge in [0.15, 0.2) is 0 Å². The highest BCUT2D eigenvalue weighted by Gasteiger charge is 2.16. The van der Waals surface area contributed by atoms with Crippen LogP contribution in [0, 0.1) is 0 Å². The van der Waals surface area contributed by atoms with E-state index >= 15 is 0 Å². The predicted molar refractivity (Wildman–Crippen MR) is 41.3 cm³/mol. The zero-order valence-electron chi connectivity index (χ0n) is 6.55. The summed E-state index contributed by atoms with van der Waals surface area (Å²) in [6.07, 6.45) is 2.21. The number of nitrogens with one attached hydrogen (secondary N) is 1. The molecule has 2 N–H and O–H groups in total. The van der Waals surface area contributed by atoms with Crippen molar-refractivity contribution in [1.82, 2.24) is 10.2 Å². The molecule has 0 spiro atoms. The van der Waals surface area contributed by atoms with Crippen molar-refractivity contribution in [2.45, 2.75) is 12.8 Å². The van der Waals surface area contributed by atoms with Crippen molar-refractivity contribution in [1.29, 1.82) is 0 Å². The van der Waals surface area contributed by atoms with E-state index in [4.69, 9.17) is 5.11 Å². The molecule has 0 aliphatic carbocycles. The van der Waals surface area contributed by atoms with E-state index < -0.39 is 0 Å². The Morgan fingerprint density at radius 2 is 2.09 bits per heavy atom. The molecule has 1 aliphatic rings. The first-order valence-corrected chi connectivity index (χ1v) is 3.98. The zero-order valence-corrected chi connectivity index (χ0v) is 6.55. The molecule has 0 radical (unpaired) electrons. The highest BCUT2D eigenvalue weighted by Crippen LogP contribution is 2.06. The molecule has 1 fully saturated rings. The molecule has 1 saturated heterocycles. The number of aliphatic hydroxyl groups excluding tert-OH is 1. The zero-order chi connectivity index (χ0) is 8.10. The number of rotatable bonds is 2. The number of carbonyl (C=O) groups is 1. The Balaban J connectivity index is 2.17. The fraction of sp³-hybridized carbons (Fsp3) is 0.857. The van der Waals surface area contributed by atoms with Crippen LogP contribution in [0.25, 0.3) is 0 Å². The van der Waals surface area contributed by atoms with Crippen LogP contribution < -0.4 is 5.32 Å². The largest absolute Gasteiger partial charge is 0.395 e. The summed E-state index contributed by atoms with van der Waals surface area (Å²) in [6.45, 7) is 2.09. The minimum atomic E-state index is -0.0449. The molecule has 0 aromatic heterocycles. The van der Waals surface area contributed by atoms with Crippen LogP contribution in [0.15, 0.2) is 0 Å². The van der Waals surface area contributed by atoms with E-state index in [1.54, 1.807) is 4.90 Å². The van der Waals surface area contributed by atoms with Gasteiger partial charge in [-0.2, -0.15) is 0 Å². The number of aliphatic hydroxyl groups is 1. The van der Waals surface area contributed by atoms with Crippen molar-refractivity contribution in [3.63, 3.8) is 0 Å². The third kappa shape index (κ3) is 2.38. The van der Waals surface area contributed by atoms with Gasteiger partial charge in [0.05, 0.1) is 6.61 Å². The maximum atomic E-state index is 11.1. The maximum absolute atomic E-state index is 11.1. The molecule has 1 aliphatic heterocycles. The van der Waals surface area contributed by atoms with Crippen LogP contribution in [-0.4, -0.2) is 42.3 Å². The Labute approximate surface area is 66.2 Å². The lowest BCUT2D eigenvalue weighted by Crippen LogP contribution is -2.39. The molecule has 4 nitrogen and oxygen atoms in total. The van der Waals surface area contributed by atoms with Crippen LogP contribution in [0.1, 0.15) is 12.8 Å². The van der Waals surface area contributed by atoms with Gasteiger partial charge < -0.3 is 15.3 Å². The lowest BCUT2D eigenvalue weighted by molar-refractivity contribution is 0.204. The molecule has 1 heterocycles. The minimum Gasteiger partial charge on any atom is -0.395 e. The lowest BCUT2D eigenvalue weighted by Gasteiger charge is -2.15. The monoisotopic (exact) mass is 158 g/mol. The average Bonchev–Trinajstić information content (AvgIpc) is 2.52. The van der Waals surface area contributed by atoms with Crippen LogP contribution in [-0.2, 0) is 0 Å². The molecule has 11 heavy (non-hydrogen) atoms. The highest BCUT2D eigenvalue weighted by atomic mass is 16.3. The van der Waals surface area contributed by atoms with E-state index in [0.717, 1.165) is 25.9 Å². The molecule has 0 unspecified atom stereocenters. The molecule has 2 amide bonds. The van der Waals surface area contributed by atoms with Gasteiger partial charge in [0.25, 0.3) is 0 Å². The van der Waals surface area contributed by atoms with Crippen molar-refractivity contribution in [3.05, 3.63) is 0 Å². The van der Waals surface area contributed by atoms with Gasteiger partial charge in [0, 0.05) is 19.6 Å². The molecule has 4 heteroatoms. The first kappa shape index (κ1) is 8.33. The molecule has 0 saturated carbocycles. The molecular formula is C7H14N2O2. The number of likely N-dealkylation sites (tertiary alicyclic amines) is 1. The summed E-state index contributed by atoms with van der Waals surface area (Å²) in [4.78, 5) is 12.9. The third-order valence-electron chi connectivity index (χ3n) is 1.78. The highest BCUT2D eigenvalue weighted by molar-refractivity contribution is 5.74. The van der Waals surface area contributed by atoms with Gasteiger partial charge in [0.2, 0.25) is 0 Å². The van der Waals surface area contributed by atoms with Crippen molar-refractivity contribution in [2.75, 3.05) is 26.2 Å². The second kappa shape index (κ2) is 4.18. The number of hydrogen-bond acceptors (Lipinski definition) is 2. The summed E-state index contributed by atoms with van der Waals surface area (Å²) in [5, 5.41) is 11.0. The van der Waals surface area contributed by atoms with Crippen LogP contribution >= 0.6 is 0 Å². The van der Waals surface area contributed by atoms with Gasteiger partial charge in [0.1, 0.15) is 0 Å². The van der Waals surface area contributed by atoms with Crippen LogP contribution in [0.4, 0.5) is 4.79 Å². The van der Waals surface area contributed by atoms with Crippen molar-refractivity contribution >= 4 is 6.03 Å². The third-order valence-corrected chi connectivity index (χ3v) is 1.78. The van der Waals surface area contributed by atoms with Crippen LogP contribution in [0.5, 0.6) is 0 Å². The summed E-state index contributed by atoms with van der Waals surface area (Å²) in [5.41, 5.74) is 0. The van der Waals surface area contributed by atoms with Gasteiger partial charge in [-0.25, -0.2) is 4.79 Å². The van der Waals surface area contributed by atoms with Gasteiger partial charge in [-0.05, 0) is 12.8 Å². The second-order valence-corrected chi connectivity index (χ2v) is 2.65. The number of carbonyl (C=O) groups excluding carboxylic acids is 1. The molecule has 0 bridgehead atoms. The van der Waals surface area contributed by atoms with E-state index in [2.05, 4.69) is 5.32 Å². The quantitative estimate of drug-likeness (QED) is 0.584. The number of urea groups is 1. The van der Waals surface area contributed by atoms with Crippen molar-refractivity contribution < 1.29 is 9.90 Å². The predicted octanol–water partition coefficient (Wildman–Crippen LogP) is -0.216.